The number of fused-ring (bicyclic) bond motifs is 1. The number of aliphatic carboxylic acids is 1. The molecule has 25 heavy (non-hydrogen) atoms. The standard InChI is InChI=1S/C16H20N4O5/c1-4-11-14(17-8-12(21)25-3)20-7-5-6-10(13(20)19-11)15(22)18-9(2)16(23)24/h5-7,9,17H,4,8H2,1-3H3,(H,18,22)(H,23,24). The van der Waals surface area contributed by atoms with Gasteiger partial charge in [0, 0.05) is 6.20 Å². The second kappa shape index (κ2) is 7.65. The van der Waals surface area contributed by atoms with Crippen LogP contribution in [0.2, 0.25) is 0 Å². The Kier molecular flexibility index (Phi) is 5.58. The number of carboxylic acids is 1. The van der Waals surface area contributed by atoms with Crippen LogP contribution in [0.5, 0.6) is 0 Å². The molecule has 9 nitrogen and oxygen atoms in total. The highest BCUT2D eigenvalue weighted by Gasteiger charge is 2.20. The summed E-state index contributed by atoms with van der Waals surface area (Å²) in [7, 11) is 1.30. The second-order valence-electron chi connectivity index (χ2n) is 5.34. The zero-order valence-corrected chi connectivity index (χ0v) is 14.2. The van der Waals surface area contributed by atoms with Gasteiger partial charge in [0.05, 0.1) is 18.4 Å². The van der Waals surface area contributed by atoms with E-state index in [4.69, 9.17) is 5.11 Å². The number of ether oxygens (including phenoxy) is 1. The Morgan fingerprint density at radius 3 is 2.72 bits per heavy atom. The largest absolute Gasteiger partial charge is 0.480 e. The topological polar surface area (TPSA) is 122 Å². The van der Waals surface area contributed by atoms with Crippen molar-refractivity contribution in [1.29, 1.82) is 0 Å². The molecule has 2 aromatic rings. The molecule has 0 aliphatic heterocycles. The number of pyridine rings is 1. The van der Waals surface area contributed by atoms with Crippen LogP contribution < -0.4 is 10.6 Å². The lowest BCUT2D eigenvalue weighted by molar-refractivity contribution is -0.139. The van der Waals surface area contributed by atoms with Crippen LogP contribution in [0.1, 0.15) is 29.9 Å². The number of imidazole rings is 1. The zero-order valence-electron chi connectivity index (χ0n) is 14.2. The van der Waals surface area contributed by atoms with Crippen molar-refractivity contribution in [2.24, 2.45) is 0 Å². The average molecular weight is 348 g/mol. The van der Waals surface area contributed by atoms with Gasteiger partial charge in [-0.15, -0.1) is 0 Å². The molecule has 3 N–H and O–H groups in total. The molecule has 0 spiro atoms. The van der Waals surface area contributed by atoms with E-state index < -0.39 is 23.9 Å². The second-order valence-corrected chi connectivity index (χ2v) is 5.34. The van der Waals surface area contributed by atoms with Gasteiger partial charge in [-0.3, -0.25) is 18.8 Å². The molecule has 2 rings (SSSR count). The van der Waals surface area contributed by atoms with E-state index in [1.54, 1.807) is 22.7 Å². The van der Waals surface area contributed by atoms with Gasteiger partial charge in [-0.2, -0.15) is 0 Å². The monoisotopic (exact) mass is 348 g/mol. The number of rotatable bonds is 7. The molecule has 0 bridgehead atoms. The van der Waals surface area contributed by atoms with E-state index in [-0.39, 0.29) is 12.1 Å². The molecule has 0 saturated carbocycles. The molecule has 1 atom stereocenters. The number of carboxylic acid groups (broad SMARTS) is 1. The van der Waals surface area contributed by atoms with Crippen LogP contribution in [0.4, 0.5) is 5.82 Å². The number of carbonyl (C=O) groups excluding carboxylic acids is 2. The van der Waals surface area contributed by atoms with Crippen molar-refractivity contribution in [3.8, 4) is 0 Å². The molecule has 9 heteroatoms. The number of methoxy groups -OCH3 is 1. The van der Waals surface area contributed by atoms with Gasteiger partial charge in [0.15, 0.2) is 5.65 Å². The molecule has 0 aliphatic carbocycles. The summed E-state index contributed by atoms with van der Waals surface area (Å²) in [5.74, 6) is -1.50. The highest BCUT2D eigenvalue weighted by Crippen LogP contribution is 2.21. The highest BCUT2D eigenvalue weighted by atomic mass is 16.5. The van der Waals surface area contributed by atoms with Crippen LogP contribution in [0.25, 0.3) is 5.65 Å². The minimum Gasteiger partial charge on any atom is -0.480 e. The van der Waals surface area contributed by atoms with E-state index in [1.807, 2.05) is 6.92 Å². The summed E-state index contributed by atoms with van der Waals surface area (Å²) in [5, 5.41) is 14.3. The number of nitrogens with zero attached hydrogens (tertiary/aromatic N) is 2. The summed E-state index contributed by atoms with van der Waals surface area (Å²) >= 11 is 0. The van der Waals surface area contributed by atoms with Gasteiger partial charge in [0.1, 0.15) is 18.4 Å². The van der Waals surface area contributed by atoms with Crippen molar-refractivity contribution in [3.05, 3.63) is 29.6 Å². The summed E-state index contributed by atoms with van der Waals surface area (Å²) in [6.07, 6.45) is 2.29. The molecule has 1 unspecified atom stereocenters. The van der Waals surface area contributed by atoms with Gasteiger partial charge < -0.3 is 20.5 Å². The van der Waals surface area contributed by atoms with Gasteiger partial charge in [0.25, 0.3) is 5.91 Å². The lowest BCUT2D eigenvalue weighted by Crippen LogP contribution is -2.38. The fraction of sp³-hybridized carbons (Fsp3) is 0.375. The van der Waals surface area contributed by atoms with Crippen LogP contribution in [0, 0.1) is 0 Å². The molecule has 2 aromatic heterocycles. The van der Waals surface area contributed by atoms with E-state index >= 15 is 0 Å². The number of nitrogens with one attached hydrogen (secondary N) is 2. The van der Waals surface area contributed by atoms with Gasteiger partial charge in [0.2, 0.25) is 0 Å². The Bertz CT molecular complexity index is 814. The Morgan fingerprint density at radius 1 is 1.40 bits per heavy atom. The van der Waals surface area contributed by atoms with Crippen molar-refractivity contribution in [2.45, 2.75) is 26.3 Å². The molecule has 2 heterocycles. The average Bonchev–Trinajstić information content (AvgIpc) is 2.96. The normalized spacial score (nSPS) is 11.8. The number of anilines is 1. The molecule has 134 valence electrons. The quantitative estimate of drug-likeness (QED) is 0.629. The van der Waals surface area contributed by atoms with E-state index in [1.165, 1.54) is 14.0 Å². The number of hydrogen-bond acceptors (Lipinski definition) is 6. The number of amides is 1. The first-order valence-corrected chi connectivity index (χ1v) is 7.73. The lowest BCUT2D eigenvalue weighted by Gasteiger charge is -2.10. The van der Waals surface area contributed by atoms with E-state index in [2.05, 4.69) is 20.4 Å². The zero-order chi connectivity index (χ0) is 18.6. The summed E-state index contributed by atoms with van der Waals surface area (Å²) in [5.41, 5.74) is 1.30. The number of esters is 1. The van der Waals surface area contributed by atoms with E-state index in [0.29, 0.717) is 23.6 Å². The predicted octanol–water partition coefficient (Wildman–Crippen LogP) is 0.684. The van der Waals surface area contributed by atoms with Crippen molar-refractivity contribution in [1.82, 2.24) is 14.7 Å². The first-order chi connectivity index (χ1) is 11.9. The van der Waals surface area contributed by atoms with Crippen LogP contribution >= 0.6 is 0 Å². The van der Waals surface area contributed by atoms with Crippen LogP contribution in [0.3, 0.4) is 0 Å². The van der Waals surface area contributed by atoms with Gasteiger partial charge in [-0.1, -0.05) is 6.92 Å². The number of aryl methyl sites for hydroxylation is 1. The van der Waals surface area contributed by atoms with Crippen molar-refractivity contribution in [2.75, 3.05) is 19.0 Å². The molecular formula is C16H20N4O5. The molecule has 0 saturated heterocycles. The SMILES string of the molecule is CCc1nc2c(C(=O)NC(C)C(=O)O)cccn2c1NCC(=O)OC. The molecule has 0 radical (unpaired) electrons. The highest BCUT2D eigenvalue weighted by molar-refractivity contribution is 6.01. The van der Waals surface area contributed by atoms with Crippen LogP contribution in [-0.2, 0) is 20.7 Å². The Hall–Kier alpha value is -3.10. The van der Waals surface area contributed by atoms with Crippen molar-refractivity contribution < 1.29 is 24.2 Å². The maximum Gasteiger partial charge on any atom is 0.325 e. The van der Waals surface area contributed by atoms with Crippen molar-refractivity contribution in [3.63, 3.8) is 0 Å². The van der Waals surface area contributed by atoms with Crippen LogP contribution in [-0.4, -0.2) is 52.0 Å². The third kappa shape index (κ3) is 3.87. The molecule has 1 amide bonds. The van der Waals surface area contributed by atoms with Gasteiger partial charge in [-0.05, 0) is 25.5 Å². The number of aromatic nitrogens is 2. The molecule has 0 aliphatic rings. The van der Waals surface area contributed by atoms with E-state index in [9.17, 15) is 14.4 Å². The maximum absolute atomic E-state index is 12.4. The number of hydrogen-bond donors (Lipinski definition) is 3. The Morgan fingerprint density at radius 2 is 2.12 bits per heavy atom. The number of carbonyl (C=O) groups is 3. The van der Waals surface area contributed by atoms with Crippen molar-refractivity contribution >= 4 is 29.3 Å². The molecule has 0 aromatic carbocycles. The summed E-state index contributed by atoms with van der Waals surface area (Å²) < 4.78 is 6.27. The summed E-state index contributed by atoms with van der Waals surface area (Å²) in [6, 6.07) is 2.19. The fourth-order valence-electron chi connectivity index (χ4n) is 2.29. The molecular weight excluding hydrogens is 328 g/mol. The third-order valence-corrected chi connectivity index (χ3v) is 3.65. The lowest BCUT2D eigenvalue weighted by atomic mass is 10.2. The first kappa shape index (κ1) is 18.2. The maximum atomic E-state index is 12.4. The minimum atomic E-state index is -1.13. The van der Waals surface area contributed by atoms with Gasteiger partial charge >= 0.3 is 11.9 Å². The Labute approximate surface area is 144 Å². The van der Waals surface area contributed by atoms with Gasteiger partial charge in [-0.25, -0.2) is 4.98 Å². The summed E-state index contributed by atoms with van der Waals surface area (Å²) in [6.45, 7) is 3.24. The fourth-order valence-corrected chi connectivity index (χ4v) is 2.29. The Balaban J connectivity index is 2.41. The molecule has 0 fully saturated rings. The smallest absolute Gasteiger partial charge is 0.325 e. The predicted molar refractivity (Wildman–Crippen MR) is 89.6 cm³/mol. The van der Waals surface area contributed by atoms with E-state index in [0.717, 1.165) is 0 Å². The summed E-state index contributed by atoms with van der Waals surface area (Å²) in [4.78, 5) is 39.1. The third-order valence-electron chi connectivity index (χ3n) is 3.65. The first-order valence-electron chi connectivity index (χ1n) is 7.73. The minimum absolute atomic E-state index is 0.0379. The van der Waals surface area contributed by atoms with Crippen LogP contribution in [0.15, 0.2) is 18.3 Å².